The lowest BCUT2D eigenvalue weighted by Crippen LogP contribution is -2.43. The van der Waals surface area contributed by atoms with Crippen molar-refractivity contribution >= 4 is 17.6 Å². The molecule has 1 N–H and O–H groups in total. The molecule has 3 aromatic heterocycles. The first-order chi connectivity index (χ1) is 19.1. The van der Waals surface area contributed by atoms with E-state index < -0.39 is 5.60 Å². The molecule has 1 amide bonds. The second-order valence-corrected chi connectivity index (χ2v) is 12.2. The van der Waals surface area contributed by atoms with E-state index in [4.69, 9.17) is 14.5 Å². The van der Waals surface area contributed by atoms with Gasteiger partial charge in [0.15, 0.2) is 5.75 Å². The molecule has 10 heteroatoms. The number of fused-ring (bicyclic) bond motifs is 2. The van der Waals surface area contributed by atoms with Gasteiger partial charge in [-0.2, -0.15) is 5.10 Å². The quantitative estimate of drug-likeness (QED) is 0.491. The Labute approximate surface area is 235 Å². The molecule has 6 rings (SSSR count). The van der Waals surface area contributed by atoms with Crippen molar-refractivity contribution in [2.75, 3.05) is 31.5 Å². The van der Waals surface area contributed by atoms with Gasteiger partial charge in [0.25, 0.3) is 0 Å². The molecule has 2 saturated heterocycles. The molecular weight excluding hydrogens is 506 g/mol. The van der Waals surface area contributed by atoms with Crippen LogP contribution in [0.4, 0.5) is 16.3 Å². The number of rotatable bonds is 3. The van der Waals surface area contributed by atoms with Gasteiger partial charge >= 0.3 is 6.09 Å². The van der Waals surface area contributed by atoms with Crippen molar-refractivity contribution in [3.05, 3.63) is 47.7 Å². The standard InChI is InChI=1S/C30H39N7O3/c1-19-27-26(34-28-24(18-39-27)23(6-10-31-28)21-15-32-35(5)16-21)14-25(33-19)20-7-11-36(12-8-20)22-9-13-37(17-22)29(38)40-30(2,3)4/h6,10,14-16,20,22H,7-9,11-13,17-18H2,1-5H3,(H,31,34). The third-order valence-electron chi connectivity index (χ3n) is 8.13. The van der Waals surface area contributed by atoms with Crippen LogP contribution in [0.1, 0.15) is 62.9 Å². The molecule has 1 unspecified atom stereocenters. The van der Waals surface area contributed by atoms with Gasteiger partial charge in [0, 0.05) is 61.3 Å². The third-order valence-corrected chi connectivity index (χ3v) is 8.13. The van der Waals surface area contributed by atoms with Gasteiger partial charge in [0.2, 0.25) is 0 Å². The maximum absolute atomic E-state index is 12.5. The average molecular weight is 546 g/mol. The van der Waals surface area contributed by atoms with E-state index in [0.717, 1.165) is 90.8 Å². The highest BCUT2D eigenvalue weighted by Gasteiger charge is 2.35. The number of ether oxygens (including phenoxy) is 2. The highest BCUT2D eigenvalue weighted by molar-refractivity contribution is 5.76. The lowest BCUT2D eigenvalue weighted by atomic mass is 9.91. The number of carbonyl (C=O) groups is 1. The minimum atomic E-state index is -0.466. The van der Waals surface area contributed by atoms with Gasteiger partial charge in [-0.25, -0.2) is 9.78 Å². The summed E-state index contributed by atoms with van der Waals surface area (Å²) in [6, 6.07) is 4.55. The molecule has 1 atom stereocenters. The van der Waals surface area contributed by atoms with Crippen LogP contribution in [0.25, 0.3) is 11.1 Å². The molecule has 10 nitrogen and oxygen atoms in total. The summed E-state index contributed by atoms with van der Waals surface area (Å²) in [7, 11) is 1.92. The summed E-state index contributed by atoms with van der Waals surface area (Å²) in [6.07, 6.45) is 8.57. The number of aromatic nitrogens is 4. The monoisotopic (exact) mass is 545 g/mol. The number of pyridine rings is 2. The maximum atomic E-state index is 12.5. The fraction of sp³-hybridized carbons (Fsp3) is 0.533. The molecule has 2 fully saturated rings. The van der Waals surface area contributed by atoms with E-state index in [2.05, 4.69) is 26.4 Å². The summed E-state index contributed by atoms with van der Waals surface area (Å²) in [6.45, 7) is 11.7. The number of nitrogens with one attached hydrogen (secondary N) is 1. The molecule has 3 aliphatic rings. The molecule has 0 aromatic carbocycles. The van der Waals surface area contributed by atoms with Crippen LogP contribution in [0.5, 0.6) is 5.75 Å². The molecule has 0 saturated carbocycles. The van der Waals surface area contributed by atoms with Gasteiger partial charge < -0.3 is 19.7 Å². The van der Waals surface area contributed by atoms with Gasteiger partial charge in [-0.1, -0.05) is 0 Å². The molecule has 6 heterocycles. The Balaban J connectivity index is 1.13. The van der Waals surface area contributed by atoms with Crippen LogP contribution in [0.2, 0.25) is 0 Å². The number of hydrogen-bond acceptors (Lipinski definition) is 8. The molecule has 3 aromatic rings. The van der Waals surface area contributed by atoms with Crippen molar-refractivity contribution in [1.82, 2.24) is 29.5 Å². The number of anilines is 2. The molecule has 3 aliphatic heterocycles. The Morgan fingerprint density at radius 2 is 1.98 bits per heavy atom. The smallest absolute Gasteiger partial charge is 0.410 e. The summed E-state index contributed by atoms with van der Waals surface area (Å²) >= 11 is 0. The number of likely N-dealkylation sites (tertiary alicyclic amines) is 2. The molecule has 0 aliphatic carbocycles. The first-order valence-corrected chi connectivity index (χ1v) is 14.2. The SMILES string of the molecule is Cc1nc(C2CCN(C3CCN(C(=O)OC(C)(C)C)C3)CC2)cc2c1OCc1c(-c3cnn(C)c3)ccnc1N2. The highest BCUT2D eigenvalue weighted by Crippen LogP contribution is 2.40. The van der Waals surface area contributed by atoms with Crippen LogP contribution in [0.3, 0.4) is 0 Å². The topological polar surface area (TPSA) is 97.6 Å². The maximum Gasteiger partial charge on any atom is 0.410 e. The van der Waals surface area contributed by atoms with Crippen LogP contribution < -0.4 is 10.1 Å². The molecule has 0 bridgehead atoms. The minimum absolute atomic E-state index is 0.201. The number of carbonyl (C=O) groups excluding carboxylic acids is 1. The summed E-state index contributed by atoms with van der Waals surface area (Å²) in [5.74, 6) is 1.97. The lowest BCUT2D eigenvalue weighted by Gasteiger charge is -2.36. The molecule has 0 spiro atoms. The van der Waals surface area contributed by atoms with E-state index in [1.54, 1.807) is 4.68 Å². The zero-order valence-electron chi connectivity index (χ0n) is 24.1. The fourth-order valence-electron chi connectivity index (χ4n) is 6.11. The molecule has 0 radical (unpaired) electrons. The van der Waals surface area contributed by atoms with Crippen molar-refractivity contribution in [2.24, 2.45) is 7.05 Å². The molecule has 40 heavy (non-hydrogen) atoms. The van der Waals surface area contributed by atoms with Gasteiger partial charge in [-0.3, -0.25) is 14.6 Å². The van der Waals surface area contributed by atoms with Crippen molar-refractivity contribution in [2.45, 2.75) is 71.1 Å². The average Bonchev–Trinajstić information content (AvgIpc) is 3.53. The van der Waals surface area contributed by atoms with Gasteiger partial charge in [0.1, 0.15) is 18.0 Å². The Kier molecular flexibility index (Phi) is 6.90. The Hall–Kier alpha value is -3.66. The minimum Gasteiger partial charge on any atom is -0.485 e. The zero-order valence-corrected chi connectivity index (χ0v) is 24.1. The van der Waals surface area contributed by atoms with Crippen molar-refractivity contribution in [3.63, 3.8) is 0 Å². The van der Waals surface area contributed by atoms with Crippen LogP contribution in [-0.2, 0) is 18.4 Å². The van der Waals surface area contributed by atoms with E-state index >= 15 is 0 Å². The van der Waals surface area contributed by atoms with Crippen LogP contribution in [0, 0.1) is 6.92 Å². The second-order valence-electron chi connectivity index (χ2n) is 12.2. The van der Waals surface area contributed by atoms with Gasteiger partial charge in [-0.05, 0) is 77.7 Å². The van der Waals surface area contributed by atoms with Crippen LogP contribution >= 0.6 is 0 Å². The van der Waals surface area contributed by atoms with Crippen molar-refractivity contribution in [3.8, 4) is 16.9 Å². The summed E-state index contributed by atoms with van der Waals surface area (Å²) in [4.78, 5) is 26.6. The number of hydrogen-bond donors (Lipinski definition) is 1. The Morgan fingerprint density at radius 1 is 1.18 bits per heavy atom. The normalized spacial score (nSPS) is 19.8. The summed E-state index contributed by atoms with van der Waals surface area (Å²) in [5, 5.41) is 7.90. The number of aryl methyl sites for hydroxylation is 2. The first kappa shape index (κ1) is 26.6. The van der Waals surface area contributed by atoms with E-state index in [1.807, 2.05) is 64.3 Å². The van der Waals surface area contributed by atoms with Crippen molar-refractivity contribution < 1.29 is 14.3 Å². The molecular formula is C30H39N7O3. The third kappa shape index (κ3) is 5.37. The predicted octanol–water partition coefficient (Wildman–Crippen LogP) is 5.01. The number of piperidine rings is 1. The molecule has 212 valence electrons. The number of nitrogens with zero attached hydrogens (tertiary/aromatic N) is 6. The van der Waals surface area contributed by atoms with Gasteiger partial charge in [-0.15, -0.1) is 0 Å². The predicted molar refractivity (Wildman–Crippen MR) is 153 cm³/mol. The zero-order chi connectivity index (χ0) is 28.0. The van der Waals surface area contributed by atoms with Crippen molar-refractivity contribution in [1.29, 1.82) is 0 Å². The fourth-order valence-corrected chi connectivity index (χ4v) is 6.11. The highest BCUT2D eigenvalue weighted by atomic mass is 16.6. The van der Waals surface area contributed by atoms with E-state index in [1.165, 1.54) is 0 Å². The van der Waals surface area contributed by atoms with E-state index in [0.29, 0.717) is 18.6 Å². The largest absolute Gasteiger partial charge is 0.485 e. The van der Waals surface area contributed by atoms with E-state index in [9.17, 15) is 4.79 Å². The Bertz CT molecular complexity index is 1400. The van der Waals surface area contributed by atoms with Crippen LogP contribution in [0.15, 0.2) is 30.7 Å². The first-order valence-electron chi connectivity index (χ1n) is 14.2. The Morgan fingerprint density at radius 3 is 2.70 bits per heavy atom. The lowest BCUT2D eigenvalue weighted by molar-refractivity contribution is 0.0276. The second kappa shape index (κ2) is 10.4. The van der Waals surface area contributed by atoms with Crippen LogP contribution in [-0.4, -0.2) is 73.5 Å². The summed E-state index contributed by atoms with van der Waals surface area (Å²) < 4.78 is 13.7. The summed E-state index contributed by atoms with van der Waals surface area (Å²) in [5.41, 5.74) is 5.56. The number of amides is 1. The van der Waals surface area contributed by atoms with E-state index in [-0.39, 0.29) is 6.09 Å². The van der Waals surface area contributed by atoms with Gasteiger partial charge in [0.05, 0.1) is 17.6 Å².